The summed E-state index contributed by atoms with van der Waals surface area (Å²) in [5.41, 5.74) is 7.66. The van der Waals surface area contributed by atoms with E-state index >= 15 is 0 Å². The van der Waals surface area contributed by atoms with E-state index in [9.17, 15) is 14.4 Å². The van der Waals surface area contributed by atoms with E-state index in [1.807, 2.05) is 49.9 Å². The third-order valence-electron chi connectivity index (χ3n) is 6.83. The quantitative estimate of drug-likeness (QED) is 0.314. The first-order chi connectivity index (χ1) is 18.4. The molecule has 10 heteroatoms. The Hall–Kier alpha value is -3.98. The molecule has 204 valence electrons. The molecule has 9 nitrogen and oxygen atoms in total. The number of nitrogens with two attached hydrogens (primary N) is 1. The molecule has 2 amide bonds. The zero-order valence-corrected chi connectivity index (χ0v) is 23.1. The number of benzene rings is 2. The lowest BCUT2D eigenvalue weighted by molar-refractivity contribution is -0.123. The van der Waals surface area contributed by atoms with Crippen LogP contribution in [0.3, 0.4) is 0 Å². The lowest BCUT2D eigenvalue weighted by atomic mass is 9.95. The average molecular weight is 549 g/mol. The molecule has 1 aromatic heterocycles. The van der Waals surface area contributed by atoms with Crippen molar-refractivity contribution in [2.24, 2.45) is 17.1 Å². The number of piperidine rings is 1. The summed E-state index contributed by atoms with van der Waals surface area (Å²) in [7, 11) is 0. The number of carbonyl (C=O) groups is 2. The Morgan fingerprint density at radius 3 is 2.49 bits per heavy atom. The molecule has 39 heavy (non-hydrogen) atoms. The fraction of sp³-hybridized carbons (Fsp3) is 0.345. The molecule has 1 fully saturated rings. The van der Waals surface area contributed by atoms with Crippen LogP contribution < -0.4 is 16.6 Å². The van der Waals surface area contributed by atoms with Crippen molar-refractivity contribution in [2.75, 3.05) is 18.4 Å². The molecular weight excluding hydrogens is 516 g/mol. The van der Waals surface area contributed by atoms with Gasteiger partial charge in [0.1, 0.15) is 5.84 Å². The molecule has 1 aliphatic heterocycles. The van der Waals surface area contributed by atoms with Gasteiger partial charge in [0.25, 0.3) is 5.56 Å². The van der Waals surface area contributed by atoms with Gasteiger partial charge in [-0.25, -0.2) is 4.98 Å². The molecule has 0 bridgehead atoms. The Bertz CT molecular complexity index is 1470. The van der Waals surface area contributed by atoms with Crippen LogP contribution in [0.25, 0.3) is 11.3 Å². The van der Waals surface area contributed by atoms with Crippen molar-refractivity contribution >= 4 is 34.9 Å². The van der Waals surface area contributed by atoms with Gasteiger partial charge in [0.05, 0.1) is 24.3 Å². The first-order valence-corrected chi connectivity index (χ1v) is 13.2. The van der Waals surface area contributed by atoms with Gasteiger partial charge in [-0.15, -0.1) is 0 Å². The zero-order valence-electron chi connectivity index (χ0n) is 22.3. The number of aromatic nitrogens is 2. The summed E-state index contributed by atoms with van der Waals surface area (Å²) in [5.74, 6) is -0.216. The van der Waals surface area contributed by atoms with Crippen molar-refractivity contribution in [3.63, 3.8) is 0 Å². The highest BCUT2D eigenvalue weighted by Gasteiger charge is 2.25. The number of amides is 2. The predicted octanol–water partition coefficient (Wildman–Crippen LogP) is 4.12. The van der Waals surface area contributed by atoms with Gasteiger partial charge in [-0.3, -0.25) is 24.4 Å². The molecule has 0 aliphatic carbocycles. The number of hydrogen-bond donors (Lipinski definition) is 3. The van der Waals surface area contributed by atoms with Gasteiger partial charge < -0.3 is 16.0 Å². The van der Waals surface area contributed by atoms with E-state index in [4.69, 9.17) is 22.7 Å². The predicted molar refractivity (Wildman–Crippen MR) is 153 cm³/mol. The van der Waals surface area contributed by atoms with Crippen molar-refractivity contribution in [2.45, 2.75) is 40.2 Å². The summed E-state index contributed by atoms with van der Waals surface area (Å²) in [5, 5.41) is 12.0. The number of primary amides is 1. The minimum Gasteiger partial charge on any atom is -0.369 e. The molecule has 2 heterocycles. The summed E-state index contributed by atoms with van der Waals surface area (Å²) in [6.45, 7) is 6.93. The van der Waals surface area contributed by atoms with Gasteiger partial charge in [-0.2, -0.15) is 0 Å². The van der Waals surface area contributed by atoms with Crippen molar-refractivity contribution in [3.8, 4) is 11.3 Å². The van der Waals surface area contributed by atoms with Crippen molar-refractivity contribution in [3.05, 3.63) is 81.4 Å². The Balaban J connectivity index is 1.52. The number of amidine groups is 1. The summed E-state index contributed by atoms with van der Waals surface area (Å²) >= 11 is 6.18. The molecule has 0 saturated carbocycles. The van der Waals surface area contributed by atoms with Crippen LogP contribution in [0.1, 0.15) is 44.7 Å². The minimum atomic E-state index is -0.610. The fourth-order valence-electron chi connectivity index (χ4n) is 4.43. The zero-order chi connectivity index (χ0) is 28.3. The van der Waals surface area contributed by atoms with Gasteiger partial charge in [0.15, 0.2) is 0 Å². The van der Waals surface area contributed by atoms with Crippen LogP contribution in [-0.2, 0) is 16.1 Å². The van der Waals surface area contributed by atoms with Crippen LogP contribution in [0.15, 0.2) is 59.7 Å². The molecule has 1 saturated heterocycles. The average Bonchev–Trinajstić information content (AvgIpc) is 2.89. The van der Waals surface area contributed by atoms with Crippen molar-refractivity contribution in [1.82, 2.24) is 14.5 Å². The second-order valence-electron chi connectivity index (χ2n) is 10.8. The fourth-order valence-corrected chi connectivity index (χ4v) is 4.60. The van der Waals surface area contributed by atoms with E-state index in [-0.39, 0.29) is 29.8 Å². The number of hydrogen-bond acceptors (Lipinski definition) is 5. The van der Waals surface area contributed by atoms with Crippen LogP contribution in [0, 0.1) is 16.7 Å². The maximum Gasteiger partial charge on any atom is 0.254 e. The molecule has 1 aliphatic rings. The molecule has 0 radical (unpaired) electrons. The third-order valence-corrected chi connectivity index (χ3v) is 7.07. The number of anilines is 1. The van der Waals surface area contributed by atoms with E-state index in [1.54, 1.807) is 18.2 Å². The first kappa shape index (κ1) is 28.0. The van der Waals surface area contributed by atoms with Crippen LogP contribution in [0.2, 0.25) is 5.02 Å². The van der Waals surface area contributed by atoms with Gasteiger partial charge in [0.2, 0.25) is 11.8 Å². The standard InChI is InChI=1S/C29H33ClN6O3/c1-29(2,3)28(39)34-24-14-21(30)7-8-22(24)23-15-25(37)36(17-33-23)16-18-5-4-6-20(13-18)26(31)35-11-9-19(10-12-35)27(32)38/h4-8,13-15,17,19,31H,9-12,16H2,1-3H3,(H2,32,38)(H,34,39). The molecule has 2 aromatic carbocycles. The highest BCUT2D eigenvalue weighted by atomic mass is 35.5. The second kappa shape index (κ2) is 11.4. The Labute approximate surface area is 232 Å². The number of carbonyl (C=O) groups excluding carboxylic acids is 2. The van der Waals surface area contributed by atoms with Crippen molar-refractivity contribution in [1.29, 1.82) is 5.41 Å². The monoisotopic (exact) mass is 548 g/mol. The van der Waals surface area contributed by atoms with Crippen LogP contribution in [-0.4, -0.2) is 45.2 Å². The molecular formula is C29H33ClN6O3. The molecule has 4 N–H and O–H groups in total. The van der Waals surface area contributed by atoms with E-state index in [2.05, 4.69) is 10.3 Å². The highest BCUT2D eigenvalue weighted by molar-refractivity contribution is 6.31. The summed E-state index contributed by atoms with van der Waals surface area (Å²) < 4.78 is 1.49. The molecule has 0 spiro atoms. The Morgan fingerprint density at radius 2 is 1.85 bits per heavy atom. The van der Waals surface area contributed by atoms with Gasteiger partial charge in [-0.1, -0.05) is 50.6 Å². The van der Waals surface area contributed by atoms with Gasteiger partial charge in [-0.05, 0) is 42.7 Å². The van der Waals surface area contributed by atoms with Crippen LogP contribution >= 0.6 is 11.6 Å². The maximum atomic E-state index is 13.1. The smallest absolute Gasteiger partial charge is 0.254 e. The normalized spacial score (nSPS) is 14.2. The van der Waals surface area contributed by atoms with E-state index in [0.717, 1.165) is 11.1 Å². The number of halogens is 1. The van der Waals surface area contributed by atoms with E-state index in [0.29, 0.717) is 53.7 Å². The molecule has 3 aromatic rings. The third kappa shape index (κ3) is 6.72. The summed E-state index contributed by atoms with van der Waals surface area (Å²) in [6.07, 6.45) is 2.76. The highest BCUT2D eigenvalue weighted by Crippen LogP contribution is 2.30. The SMILES string of the molecule is CC(C)(C)C(=O)Nc1cc(Cl)ccc1-c1cc(=O)n(Cc2cccc(C(=N)N3CCC(C(N)=O)CC3)c2)cn1. The number of nitrogens with one attached hydrogen (secondary N) is 2. The minimum absolute atomic E-state index is 0.138. The molecule has 4 rings (SSSR count). The Kier molecular flexibility index (Phi) is 8.20. The lowest BCUT2D eigenvalue weighted by Gasteiger charge is -2.32. The Morgan fingerprint density at radius 1 is 1.13 bits per heavy atom. The van der Waals surface area contributed by atoms with E-state index in [1.165, 1.54) is 17.0 Å². The molecule has 0 atom stereocenters. The topological polar surface area (TPSA) is 134 Å². The number of nitrogens with zero attached hydrogens (tertiary/aromatic N) is 3. The maximum absolute atomic E-state index is 13.1. The number of rotatable bonds is 6. The second-order valence-corrected chi connectivity index (χ2v) is 11.3. The van der Waals surface area contributed by atoms with Gasteiger partial charge in [0, 0.05) is 46.6 Å². The van der Waals surface area contributed by atoms with Crippen molar-refractivity contribution < 1.29 is 9.59 Å². The summed E-state index contributed by atoms with van der Waals surface area (Å²) in [6, 6.07) is 14.0. The van der Waals surface area contributed by atoms with Crippen LogP contribution in [0.5, 0.6) is 0 Å². The number of likely N-dealkylation sites (tertiary alicyclic amines) is 1. The van der Waals surface area contributed by atoms with Gasteiger partial charge >= 0.3 is 0 Å². The first-order valence-electron chi connectivity index (χ1n) is 12.8. The largest absolute Gasteiger partial charge is 0.369 e. The lowest BCUT2D eigenvalue weighted by Crippen LogP contribution is -2.41. The van der Waals surface area contributed by atoms with Crippen LogP contribution in [0.4, 0.5) is 5.69 Å². The molecule has 0 unspecified atom stereocenters. The van der Waals surface area contributed by atoms with E-state index < -0.39 is 5.41 Å². The summed E-state index contributed by atoms with van der Waals surface area (Å²) in [4.78, 5) is 43.5.